The molecule has 1 unspecified atom stereocenters. The molecule has 0 aliphatic carbocycles. The first-order valence-electron chi connectivity index (χ1n) is 5.24. The predicted molar refractivity (Wildman–Crippen MR) is 80.1 cm³/mol. The quantitative estimate of drug-likeness (QED) is 0.855. The van der Waals surface area contributed by atoms with Gasteiger partial charge in [0.2, 0.25) is 0 Å². The van der Waals surface area contributed by atoms with Gasteiger partial charge in [0.25, 0.3) is 0 Å². The van der Waals surface area contributed by atoms with Crippen LogP contribution in [0.1, 0.15) is 5.56 Å². The number of nitrogen functional groups attached to an aromatic ring is 1. The topological polar surface area (TPSA) is 43.1 Å². The van der Waals surface area contributed by atoms with Gasteiger partial charge in [-0.3, -0.25) is 4.21 Å². The molecule has 5 heteroatoms. The Morgan fingerprint density at radius 3 is 2.72 bits per heavy atom. The van der Waals surface area contributed by atoms with Crippen molar-refractivity contribution in [2.24, 2.45) is 0 Å². The van der Waals surface area contributed by atoms with Crippen molar-refractivity contribution in [1.82, 2.24) is 0 Å². The fourth-order valence-corrected chi connectivity index (χ4v) is 3.53. The van der Waals surface area contributed by atoms with Crippen LogP contribution >= 0.6 is 27.5 Å². The molecule has 0 bridgehead atoms. The molecule has 0 saturated carbocycles. The van der Waals surface area contributed by atoms with Crippen molar-refractivity contribution < 1.29 is 4.21 Å². The molecule has 2 N–H and O–H groups in total. The van der Waals surface area contributed by atoms with Crippen molar-refractivity contribution in [3.05, 3.63) is 57.5 Å². The molecule has 0 amide bonds. The Kier molecular flexibility index (Phi) is 4.43. The zero-order valence-corrected chi connectivity index (χ0v) is 12.6. The van der Waals surface area contributed by atoms with E-state index in [0.29, 0.717) is 16.5 Å². The van der Waals surface area contributed by atoms with Crippen LogP contribution < -0.4 is 5.73 Å². The molecule has 0 aliphatic rings. The summed E-state index contributed by atoms with van der Waals surface area (Å²) in [6, 6.07) is 12.7. The Morgan fingerprint density at radius 2 is 2.00 bits per heavy atom. The summed E-state index contributed by atoms with van der Waals surface area (Å²) in [5.41, 5.74) is 7.13. The van der Waals surface area contributed by atoms with Crippen molar-refractivity contribution in [1.29, 1.82) is 0 Å². The summed E-state index contributed by atoms with van der Waals surface area (Å²) < 4.78 is 13.1. The van der Waals surface area contributed by atoms with E-state index in [1.165, 1.54) is 0 Å². The molecule has 2 aromatic rings. The summed E-state index contributed by atoms with van der Waals surface area (Å²) in [7, 11) is -1.13. The molecule has 0 radical (unpaired) electrons. The highest BCUT2D eigenvalue weighted by atomic mass is 79.9. The van der Waals surface area contributed by atoms with Gasteiger partial charge >= 0.3 is 0 Å². The van der Waals surface area contributed by atoms with Crippen LogP contribution in [0.15, 0.2) is 51.8 Å². The van der Waals surface area contributed by atoms with E-state index in [9.17, 15) is 4.21 Å². The fourth-order valence-electron chi connectivity index (χ4n) is 1.54. The summed E-state index contributed by atoms with van der Waals surface area (Å²) in [6.07, 6.45) is 0. The largest absolute Gasteiger partial charge is 0.399 e. The molecule has 0 spiro atoms. The second kappa shape index (κ2) is 5.87. The van der Waals surface area contributed by atoms with Crippen molar-refractivity contribution >= 4 is 44.0 Å². The third-order valence-electron chi connectivity index (χ3n) is 2.42. The zero-order chi connectivity index (χ0) is 13.1. The van der Waals surface area contributed by atoms with Gasteiger partial charge < -0.3 is 5.73 Å². The number of rotatable bonds is 3. The van der Waals surface area contributed by atoms with Crippen LogP contribution in [-0.2, 0) is 16.6 Å². The monoisotopic (exact) mass is 343 g/mol. The molecule has 2 nitrogen and oxygen atoms in total. The first-order chi connectivity index (χ1) is 8.56. The molecule has 0 aromatic heterocycles. The lowest BCUT2D eigenvalue weighted by atomic mass is 10.2. The average molecular weight is 345 g/mol. The van der Waals surface area contributed by atoms with Crippen molar-refractivity contribution in [2.45, 2.75) is 10.6 Å². The van der Waals surface area contributed by atoms with E-state index in [1.54, 1.807) is 18.2 Å². The van der Waals surface area contributed by atoms with Crippen LogP contribution in [0.3, 0.4) is 0 Å². The van der Waals surface area contributed by atoms with Gasteiger partial charge in [0.15, 0.2) is 0 Å². The smallest absolute Gasteiger partial charge is 0.0575 e. The van der Waals surface area contributed by atoms with E-state index in [4.69, 9.17) is 17.3 Å². The Morgan fingerprint density at radius 1 is 1.22 bits per heavy atom. The molecular weight excluding hydrogens is 334 g/mol. The van der Waals surface area contributed by atoms with Crippen LogP contribution in [0.4, 0.5) is 5.69 Å². The van der Waals surface area contributed by atoms with Crippen LogP contribution in [0.5, 0.6) is 0 Å². The van der Waals surface area contributed by atoms with Crippen molar-refractivity contribution in [3.8, 4) is 0 Å². The minimum absolute atomic E-state index is 0.361. The lowest BCUT2D eigenvalue weighted by Crippen LogP contribution is -1.98. The summed E-state index contributed by atoms with van der Waals surface area (Å²) >= 11 is 9.42. The maximum Gasteiger partial charge on any atom is 0.0575 e. The maximum absolute atomic E-state index is 12.2. The van der Waals surface area contributed by atoms with E-state index in [-0.39, 0.29) is 0 Å². The van der Waals surface area contributed by atoms with E-state index < -0.39 is 10.8 Å². The van der Waals surface area contributed by atoms with E-state index in [0.717, 1.165) is 14.9 Å². The first kappa shape index (κ1) is 13.6. The summed E-state index contributed by atoms with van der Waals surface area (Å²) in [5, 5.41) is 0.590. The Balaban J connectivity index is 2.24. The van der Waals surface area contributed by atoms with Gasteiger partial charge in [-0.1, -0.05) is 33.6 Å². The molecule has 0 aliphatic heterocycles. The van der Waals surface area contributed by atoms with Gasteiger partial charge in [0.1, 0.15) is 0 Å². The molecule has 1 atom stereocenters. The van der Waals surface area contributed by atoms with E-state index in [1.807, 2.05) is 24.3 Å². The lowest BCUT2D eigenvalue weighted by molar-refractivity contribution is 0.682. The highest BCUT2D eigenvalue weighted by Gasteiger charge is 2.09. The molecule has 18 heavy (non-hydrogen) atoms. The Labute approximate surface area is 122 Å². The minimum atomic E-state index is -1.13. The number of benzene rings is 2. The number of nitrogens with two attached hydrogens (primary N) is 1. The highest BCUT2D eigenvalue weighted by molar-refractivity contribution is 9.10. The van der Waals surface area contributed by atoms with Crippen LogP contribution in [0.2, 0.25) is 5.02 Å². The summed E-state index contributed by atoms with van der Waals surface area (Å²) in [4.78, 5) is 0.767. The third kappa shape index (κ3) is 3.34. The van der Waals surface area contributed by atoms with Crippen molar-refractivity contribution in [3.63, 3.8) is 0 Å². The minimum Gasteiger partial charge on any atom is -0.399 e. The van der Waals surface area contributed by atoms with Gasteiger partial charge in [-0.2, -0.15) is 0 Å². The van der Waals surface area contributed by atoms with Crippen LogP contribution in [-0.4, -0.2) is 4.21 Å². The molecule has 94 valence electrons. The molecule has 0 heterocycles. The second-order valence-electron chi connectivity index (χ2n) is 3.80. The molecule has 2 rings (SSSR count). The SMILES string of the molecule is Nc1ccc(Cl)c(CS(=O)c2cccc(Br)c2)c1. The van der Waals surface area contributed by atoms with Gasteiger partial charge in [-0.15, -0.1) is 0 Å². The van der Waals surface area contributed by atoms with Crippen molar-refractivity contribution in [2.75, 3.05) is 5.73 Å². The Hall–Kier alpha value is -0.840. The fraction of sp³-hybridized carbons (Fsp3) is 0.0769. The molecular formula is C13H11BrClNOS. The predicted octanol–water partition coefficient (Wildman–Crippen LogP) is 3.99. The number of halogens is 2. The lowest BCUT2D eigenvalue weighted by Gasteiger charge is -2.06. The zero-order valence-electron chi connectivity index (χ0n) is 9.40. The van der Waals surface area contributed by atoms with Gasteiger partial charge in [0.05, 0.1) is 16.6 Å². The summed E-state index contributed by atoms with van der Waals surface area (Å²) in [5.74, 6) is 0.361. The van der Waals surface area contributed by atoms with E-state index in [2.05, 4.69) is 15.9 Å². The van der Waals surface area contributed by atoms with E-state index >= 15 is 0 Å². The average Bonchev–Trinajstić information content (AvgIpc) is 2.34. The van der Waals surface area contributed by atoms with Crippen LogP contribution in [0, 0.1) is 0 Å². The third-order valence-corrected chi connectivity index (χ3v) is 4.63. The van der Waals surface area contributed by atoms with Gasteiger partial charge in [-0.05, 0) is 42.0 Å². The first-order valence-corrected chi connectivity index (χ1v) is 7.73. The van der Waals surface area contributed by atoms with Gasteiger partial charge in [-0.25, -0.2) is 0 Å². The van der Waals surface area contributed by atoms with Gasteiger partial charge in [0, 0.05) is 20.1 Å². The number of hydrogen-bond acceptors (Lipinski definition) is 2. The Bertz CT molecular complexity index is 603. The standard InChI is InChI=1S/C13H11BrClNOS/c14-10-2-1-3-12(7-10)18(17)8-9-6-11(16)4-5-13(9)15/h1-7H,8,16H2. The maximum atomic E-state index is 12.2. The van der Waals surface area contributed by atoms with Crippen LogP contribution in [0.25, 0.3) is 0 Å². The summed E-state index contributed by atoms with van der Waals surface area (Å²) in [6.45, 7) is 0. The number of hydrogen-bond donors (Lipinski definition) is 1. The normalized spacial score (nSPS) is 12.3. The highest BCUT2D eigenvalue weighted by Crippen LogP contribution is 2.23. The number of anilines is 1. The molecule has 0 fully saturated rings. The molecule has 2 aromatic carbocycles. The molecule has 0 saturated heterocycles. The second-order valence-corrected chi connectivity index (χ2v) is 6.57.